The van der Waals surface area contributed by atoms with Gasteiger partial charge in [-0.15, -0.1) is 0 Å². The molecule has 1 unspecified atom stereocenters. The van der Waals surface area contributed by atoms with Crippen molar-refractivity contribution in [1.82, 2.24) is 5.32 Å². The summed E-state index contributed by atoms with van der Waals surface area (Å²) in [7, 11) is 1.69. The molecule has 0 spiro atoms. The van der Waals surface area contributed by atoms with Crippen molar-refractivity contribution in [2.75, 3.05) is 26.9 Å². The second kappa shape index (κ2) is 9.42. The summed E-state index contributed by atoms with van der Waals surface area (Å²) in [6.45, 7) is 13.9. The van der Waals surface area contributed by atoms with E-state index in [0.29, 0.717) is 19.8 Å². The lowest BCUT2D eigenvalue weighted by atomic mass is 9.92. The predicted octanol–water partition coefficient (Wildman–Crippen LogP) is 3.40. The second-order valence-electron chi connectivity index (χ2n) is 7.49. The van der Waals surface area contributed by atoms with Crippen LogP contribution < -0.4 is 5.32 Å². The molecule has 4 nitrogen and oxygen atoms in total. The van der Waals surface area contributed by atoms with Crippen LogP contribution >= 0.6 is 0 Å². The Labute approximate surface area is 131 Å². The molecule has 1 amide bonds. The molecule has 0 aliphatic rings. The van der Waals surface area contributed by atoms with Gasteiger partial charge in [0.25, 0.3) is 0 Å². The first kappa shape index (κ1) is 20.4. The molecular formula is C17H35NO3. The number of ether oxygens (including phenoxy) is 2. The number of carbonyl (C=O) groups excluding carboxylic acids is 1. The monoisotopic (exact) mass is 301 g/mol. The molecule has 0 aromatic carbocycles. The maximum atomic E-state index is 12.3. The smallest absolute Gasteiger partial charge is 0.228 e. The Bertz CT molecular complexity index is 300. The van der Waals surface area contributed by atoms with Crippen molar-refractivity contribution in [2.24, 2.45) is 10.8 Å². The summed E-state index contributed by atoms with van der Waals surface area (Å²) in [5.74, 6) is 0.0654. The molecule has 0 rings (SSSR count). The van der Waals surface area contributed by atoms with Gasteiger partial charge in [0.2, 0.25) is 5.91 Å². The third kappa shape index (κ3) is 9.10. The number of hydrogen-bond acceptors (Lipinski definition) is 3. The molecule has 1 atom stereocenters. The van der Waals surface area contributed by atoms with Crippen LogP contribution in [0.4, 0.5) is 0 Å². The zero-order chi connectivity index (χ0) is 16.5. The van der Waals surface area contributed by atoms with Gasteiger partial charge in [-0.25, -0.2) is 0 Å². The van der Waals surface area contributed by atoms with Gasteiger partial charge in [0.15, 0.2) is 0 Å². The van der Waals surface area contributed by atoms with Crippen LogP contribution in [0.25, 0.3) is 0 Å². The van der Waals surface area contributed by atoms with Crippen molar-refractivity contribution >= 4 is 5.91 Å². The van der Waals surface area contributed by atoms with Gasteiger partial charge in [-0.1, -0.05) is 33.6 Å². The van der Waals surface area contributed by atoms with Crippen molar-refractivity contribution in [3.05, 3.63) is 0 Å². The van der Waals surface area contributed by atoms with Gasteiger partial charge in [-0.2, -0.15) is 0 Å². The third-order valence-electron chi connectivity index (χ3n) is 3.47. The van der Waals surface area contributed by atoms with Gasteiger partial charge >= 0.3 is 0 Å². The van der Waals surface area contributed by atoms with Crippen LogP contribution in [0, 0.1) is 10.8 Å². The van der Waals surface area contributed by atoms with Crippen molar-refractivity contribution in [1.29, 1.82) is 0 Å². The molecular weight excluding hydrogens is 266 g/mol. The lowest BCUT2D eigenvalue weighted by Gasteiger charge is -2.29. The minimum atomic E-state index is -0.510. The highest BCUT2D eigenvalue weighted by atomic mass is 16.5. The lowest BCUT2D eigenvalue weighted by Crippen LogP contribution is -2.44. The molecule has 0 radical (unpaired) electrons. The third-order valence-corrected chi connectivity index (χ3v) is 3.47. The first-order chi connectivity index (χ1) is 9.64. The van der Waals surface area contributed by atoms with Crippen LogP contribution in [0.5, 0.6) is 0 Å². The Balaban J connectivity index is 4.19. The molecule has 0 fully saturated rings. The van der Waals surface area contributed by atoms with Crippen LogP contribution in [0.1, 0.15) is 60.8 Å². The second-order valence-corrected chi connectivity index (χ2v) is 7.49. The van der Waals surface area contributed by atoms with Crippen LogP contribution in [-0.2, 0) is 14.3 Å². The first-order valence-corrected chi connectivity index (χ1v) is 8.02. The van der Waals surface area contributed by atoms with Gasteiger partial charge in [0, 0.05) is 18.6 Å². The van der Waals surface area contributed by atoms with Gasteiger partial charge in [-0.05, 0) is 27.2 Å². The van der Waals surface area contributed by atoms with Gasteiger partial charge < -0.3 is 14.8 Å². The van der Waals surface area contributed by atoms with Gasteiger partial charge in [-0.3, -0.25) is 4.79 Å². The maximum Gasteiger partial charge on any atom is 0.228 e. The molecule has 0 bridgehead atoms. The van der Waals surface area contributed by atoms with E-state index in [9.17, 15) is 4.79 Å². The molecule has 0 aliphatic heterocycles. The number of hydrogen-bond donors (Lipinski definition) is 1. The summed E-state index contributed by atoms with van der Waals surface area (Å²) in [5, 5.41) is 3.08. The Morgan fingerprint density at radius 3 is 2.29 bits per heavy atom. The van der Waals surface area contributed by atoms with E-state index in [0.717, 1.165) is 19.3 Å². The molecule has 0 aliphatic carbocycles. The highest BCUT2D eigenvalue weighted by Crippen LogP contribution is 2.20. The van der Waals surface area contributed by atoms with E-state index in [-0.39, 0.29) is 17.4 Å². The van der Waals surface area contributed by atoms with Gasteiger partial charge in [0.1, 0.15) is 0 Å². The summed E-state index contributed by atoms with van der Waals surface area (Å²) in [5.41, 5.74) is -0.542. The van der Waals surface area contributed by atoms with E-state index in [1.807, 2.05) is 13.8 Å². The number of unbranched alkanes of at least 4 members (excludes halogenated alkanes) is 1. The largest absolute Gasteiger partial charge is 0.384 e. The standard InChI is InChI=1S/C17H35NO3/c1-8-9-10-14(2)18-15(19)17(5,6)13-21-12-16(3,4)11-20-7/h14H,8-13H2,1-7H3,(H,18,19). The predicted molar refractivity (Wildman–Crippen MR) is 87.4 cm³/mol. The Morgan fingerprint density at radius 1 is 1.14 bits per heavy atom. The minimum Gasteiger partial charge on any atom is -0.384 e. The molecule has 0 heterocycles. The van der Waals surface area contributed by atoms with E-state index in [1.54, 1.807) is 7.11 Å². The van der Waals surface area contributed by atoms with Crippen LogP contribution in [0.15, 0.2) is 0 Å². The quantitative estimate of drug-likeness (QED) is 0.636. The van der Waals surface area contributed by atoms with Crippen LogP contribution in [0.3, 0.4) is 0 Å². The molecule has 126 valence electrons. The van der Waals surface area contributed by atoms with Crippen molar-refractivity contribution in [2.45, 2.75) is 66.8 Å². The summed E-state index contributed by atoms with van der Waals surface area (Å²) < 4.78 is 10.9. The van der Waals surface area contributed by atoms with E-state index in [4.69, 9.17) is 9.47 Å². The summed E-state index contributed by atoms with van der Waals surface area (Å²) in [6, 6.07) is 0.224. The van der Waals surface area contributed by atoms with Crippen LogP contribution in [0.2, 0.25) is 0 Å². The molecule has 0 saturated heterocycles. The fraction of sp³-hybridized carbons (Fsp3) is 0.941. The molecule has 0 aromatic heterocycles. The number of rotatable bonds is 11. The van der Waals surface area contributed by atoms with Gasteiger partial charge in [0.05, 0.1) is 25.2 Å². The zero-order valence-corrected chi connectivity index (χ0v) is 15.0. The number of nitrogens with one attached hydrogen (secondary N) is 1. The number of methoxy groups -OCH3 is 1. The summed E-state index contributed by atoms with van der Waals surface area (Å²) in [6.07, 6.45) is 3.32. The van der Waals surface area contributed by atoms with Crippen LogP contribution in [-0.4, -0.2) is 38.9 Å². The average molecular weight is 301 g/mol. The molecule has 0 saturated carbocycles. The number of amides is 1. The van der Waals surface area contributed by atoms with E-state index in [1.165, 1.54) is 0 Å². The fourth-order valence-corrected chi connectivity index (χ4v) is 2.08. The summed E-state index contributed by atoms with van der Waals surface area (Å²) >= 11 is 0. The minimum absolute atomic E-state index is 0.0320. The Hall–Kier alpha value is -0.610. The van der Waals surface area contributed by atoms with E-state index < -0.39 is 5.41 Å². The summed E-state index contributed by atoms with van der Waals surface area (Å²) in [4.78, 5) is 12.3. The highest BCUT2D eigenvalue weighted by molar-refractivity contribution is 5.82. The number of carbonyl (C=O) groups is 1. The highest BCUT2D eigenvalue weighted by Gasteiger charge is 2.30. The molecule has 1 N–H and O–H groups in total. The van der Waals surface area contributed by atoms with Crippen molar-refractivity contribution in [3.63, 3.8) is 0 Å². The zero-order valence-electron chi connectivity index (χ0n) is 15.0. The Kier molecular flexibility index (Phi) is 9.14. The van der Waals surface area contributed by atoms with E-state index >= 15 is 0 Å². The fourth-order valence-electron chi connectivity index (χ4n) is 2.08. The topological polar surface area (TPSA) is 47.6 Å². The SMILES string of the molecule is CCCCC(C)NC(=O)C(C)(C)COCC(C)(C)COC. The Morgan fingerprint density at radius 2 is 1.76 bits per heavy atom. The molecule has 4 heteroatoms. The average Bonchev–Trinajstić information content (AvgIpc) is 2.35. The normalized spacial score (nSPS) is 14.0. The molecule has 0 aromatic rings. The first-order valence-electron chi connectivity index (χ1n) is 8.02. The molecule has 21 heavy (non-hydrogen) atoms. The maximum absolute atomic E-state index is 12.3. The van der Waals surface area contributed by atoms with E-state index in [2.05, 4.69) is 33.0 Å². The van der Waals surface area contributed by atoms with Crippen molar-refractivity contribution in [3.8, 4) is 0 Å². The van der Waals surface area contributed by atoms with Crippen molar-refractivity contribution < 1.29 is 14.3 Å². The lowest BCUT2D eigenvalue weighted by molar-refractivity contribution is -0.134.